The number of aromatic nitrogens is 3. The number of nitrogens with zero attached hydrogens (tertiary/aromatic N) is 2. The van der Waals surface area contributed by atoms with Crippen LogP contribution in [0.2, 0.25) is 0 Å². The molecule has 0 unspecified atom stereocenters. The van der Waals surface area contributed by atoms with Crippen LogP contribution >= 0.6 is 0 Å². The second-order valence-electron chi connectivity index (χ2n) is 6.83. The number of hydrogen-bond acceptors (Lipinski definition) is 5. The first kappa shape index (κ1) is 16.4. The number of aromatic amines is 1. The molecule has 0 amide bonds. The van der Waals surface area contributed by atoms with Gasteiger partial charge in [-0.3, -0.25) is 0 Å². The molecule has 7 nitrogen and oxygen atoms in total. The van der Waals surface area contributed by atoms with E-state index < -0.39 is 0 Å². The largest absolute Gasteiger partial charge is 0.508 e. The van der Waals surface area contributed by atoms with Crippen LogP contribution in [0.15, 0.2) is 35.1 Å². The van der Waals surface area contributed by atoms with E-state index in [0.717, 1.165) is 18.7 Å². The van der Waals surface area contributed by atoms with Crippen LogP contribution in [0.25, 0.3) is 17.1 Å². The first-order valence-corrected chi connectivity index (χ1v) is 8.52. The number of benzene rings is 2. The van der Waals surface area contributed by atoms with Crippen molar-refractivity contribution in [2.75, 3.05) is 0 Å². The number of phenolic OH excluding ortho intramolecular Hbond substituents is 2. The Morgan fingerprint density at radius 2 is 1.85 bits per heavy atom. The van der Waals surface area contributed by atoms with Crippen molar-refractivity contribution in [3.05, 3.63) is 57.5 Å². The van der Waals surface area contributed by atoms with E-state index in [9.17, 15) is 15.0 Å². The fourth-order valence-corrected chi connectivity index (χ4v) is 3.37. The van der Waals surface area contributed by atoms with Crippen molar-refractivity contribution in [2.24, 2.45) is 0 Å². The highest BCUT2D eigenvalue weighted by atomic mass is 16.3. The minimum Gasteiger partial charge on any atom is -0.508 e. The summed E-state index contributed by atoms with van der Waals surface area (Å²) >= 11 is 0. The van der Waals surface area contributed by atoms with Gasteiger partial charge in [-0.15, -0.1) is 0 Å². The molecule has 7 heteroatoms. The smallest absolute Gasteiger partial charge is 0.348 e. The lowest BCUT2D eigenvalue weighted by molar-refractivity contribution is 0.444. The van der Waals surface area contributed by atoms with E-state index in [1.54, 1.807) is 6.07 Å². The molecule has 2 heterocycles. The van der Waals surface area contributed by atoms with Crippen molar-refractivity contribution in [3.8, 4) is 28.6 Å². The van der Waals surface area contributed by atoms with Gasteiger partial charge >= 0.3 is 5.69 Å². The minimum absolute atomic E-state index is 0.0225. The van der Waals surface area contributed by atoms with Crippen molar-refractivity contribution in [2.45, 2.75) is 32.9 Å². The van der Waals surface area contributed by atoms with Gasteiger partial charge in [0.1, 0.15) is 11.5 Å². The van der Waals surface area contributed by atoms with Gasteiger partial charge in [-0.05, 0) is 40.8 Å². The Hall–Kier alpha value is -3.06. The molecule has 0 radical (unpaired) electrons. The quantitative estimate of drug-likeness (QED) is 0.579. The lowest BCUT2D eigenvalue weighted by Crippen LogP contribution is -2.16. The summed E-state index contributed by atoms with van der Waals surface area (Å²) < 4.78 is 1.44. The standard InChI is InChI=1S/C19H20N4O3/c1-10(2)14-6-15(17(25)7-16(14)24)18-21-22-19(26)23(18)13-4-3-11-8-20-9-12(11)5-13/h3-7,10,20,24-25H,8-9H2,1-2H3,(H,22,26). The fourth-order valence-electron chi connectivity index (χ4n) is 3.37. The highest BCUT2D eigenvalue weighted by Gasteiger charge is 2.20. The van der Waals surface area contributed by atoms with Crippen molar-refractivity contribution in [1.82, 2.24) is 20.1 Å². The molecule has 0 saturated carbocycles. The first-order valence-electron chi connectivity index (χ1n) is 8.52. The van der Waals surface area contributed by atoms with Crippen LogP contribution in [0.3, 0.4) is 0 Å². The molecule has 0 atom stereocenters. The third kappa shape index (κ3) is 2.57. The van der Waals surface area contributed by atoms with Gasteiger partial charge in [-0.1, -0.05) is 19.9 Å². The zero-order chi connectivity index (χ0) is 18.4. The Kier molecular flexibility index (Phi) is 3.81. The third-order valence-corrected chi connectivity index (χ3v) is 4.76. The molecule has 3 aromatic rings. The molecule has 4 rings (SSSR count). The van der Waals surface area contributed by atoms with Crippen molar-refractivity contribution >= 4 is 0 Å². The Morgan fingerprint density at radius 3 is 2.62 bits per heavy atom. The molecule has 0 aliphatic carbocycles. The van der Waals surface area contributed by atoms with Gasteiger partial charge in [0.15, 0.2) is 5.82 Å². The average Bonchev–Trinajstić information content (AvgIpc) is 3.20. The third-order valence-electron chi connectivity index (χ3n) is 4.76. The molecule has 1 aromatic heterocycles. The molecule has 0 spiro atoms. The number of aromatic hydroxyl groups is 2. The van der Waals surface area contributed by atoms with Gasteiger partial charge in [0.05, 0.1) is 11.3 Å². The van der Waals surface area contributed by atoms with Crippen LogP contribution in [-0.4, -0.2) is 25.0 Å². The van der Waals surface area contributed by atoms with Gasteiger partial charge in [0.2, 0.25) is 0 Å². The van der Waals surface area contributed by atoms with Crippen LogP contribution in [0.1, 0.15) is 36.5 Å². The second kappa shape index (κ2) is 6.03. The van der Waals surface area contributed by atoms with Crippen molar-refractivity contribution in [1.29, 1.82) is 0 Å². The summed E-state index contributed by atoms with van der Waals surface area (Å²) in [6.45, 7) is 5.47. The number of H-pyrrole nitrogens is 1. The Balaban J connectivity index is 1.91. The normalized spacial score (nSPS) is 13.3. The van der Waals surface area contributed by atoms with E-state index in [4.69, 9.17) is 0 Å². The van der Waals surface area contributed by atoms with Gasteiger partial charge < -0.3 is 15.5 Å². The van der Waals surface area contributed by atoms with E-state index in [0.29, 0.717) is 22.6 Å². The summed E-state index contributed by atoms with van der Waals surface area (Å²) in [6.07, 6.45) is 0. The summed E-state index contributed by atoms with van der Waals surface area (Å²) in [4.78, 5) is 12.4. The monoisotopic (exact) mass is 352 g/mol. The Labute approximate surface area is 149 Å². The maximum absolute atomic E-state index is 12.4. The SMILES string of the molecule is CC(C)c1cc(-c2n[nH]c(=O)n2-c2ccc3c(c2)CNC3)c(O)cc1O. The average molecular weight is 352 g/mol. The molecule has 1 aliphatic heterocycles. The van der Waals surface area contributed by atoms with Gasteiger partial charge in [0.25, 0.3) is 0 Å². The molecule has 0 saturated heterocycles. The summed E-state index contributed by atoms with van der Waals surface area (Å²) in [5.74, 6) is 0.254. The van der Waals surface area contributed by atoms with E-state index >= 15 is 0 Å². The van der Waals surface area contributed by atoms with E-state index in [1.165, 1.54) is 16.2 Å². The number of hydrogen-bond donors (Lipinski definition) is 4. The summed E-state index contributed by atoms with van der Waals surface area (Å²) in [6, 6.07) is 8.78. The Morgan fingerprint density at radius 1 is 1.08 bits per heavy atom. The van der Waals surface area contributed by atoms with Crippen LogP contribution in [0.4, 0.5) is 0 Å². The molecule has 26 heavy (non-hydrogen) atoms. The number of fused-ring (bicyclic) bond motifs is 1. The van der Waals surface area contributed by atoms with Crippen molar-refractivity contribution in [3.63, 3.8) is 0 Å². The predicted octanol–water partition coefficient (Wildman–Crippen LogP) is 2.37. The van der Waals surface area contributed by atoms with Gasteiger partial charge in [-0.25, -0.2) is 14.5 Å². The molecule has 134 valence electrons. The second-order valence-corrected chi connectivity index (χ2v) is 6.83. The van der Waals surface area contributed by atoms with Crippen LogP contribution in [0.5, 0.6) is 11.5 Å². The van der Waals surface area contributed by atoms with Crippen LogP contribution in [0, 0.1) is 0 Å². The van der Waals surface area contributed by atoms with Crippen LogP contribution < -0.4 is 11.0 Å². The number of phenols is 2. The summed E-state index contributed by atoms with van der Waals surface area (Å²) in [5.41, 5.74) is 3.71. The lowest BCUT2D eigenvalue weighted by atomic mass is 9.98. The first-order chi connectivity index (χ1) is 12.5. The van der Waals surface area contributed by atoms with Gasteiger partial charge in [0, 0.05) is 19.2 Å². The maximum Gasteiger partial charge on any atom is 0.348 e. The lowest BCUT2D eigenvalue weighted by Gasteiger charge is -2.13. The highest BCUT2D eigenvalue weighted by molar-refractivity contribution is 5.69. The summed E-state index contributed by atoms with van der Waals surface area (Å²) in [5, 5.41) is 30.3. The number of nitrogens with one attached hydrogen (secondary N) is 2. The number of rotatable bonds is 3. The van der Waals surface area contributed by atoms with E-state index in [2.05, 4.69) is 15.5 Å². The molecular formula is C19H20N4O3. The highest BCUT2D eigenvalue weighted by Crippen LogP contribution is 2.37. The molecule has 0 bridgehead atoms. The molecule has 1 aliphatic rings. The molecule has 4 N–H and O–H groups in total. The zero-order valence-corrected chi connectivity index (χ0v) is 14.6. The maximum atomic E-state index is 12.4. The van der Waals surface area contributed by atoms with Crippen LogP contribution in [-0.2, 0) is 13.1 Å². The van der Waals surface area contributed by atoms with E-state index in [-0.39, 0.29) is 23.1 Å². The summed E-state index contributed by atoms with van der Waals surface area (Å²) in [7, 11) is 0. The van der Waals surface area contributed by atoms with E-state index in [1.807, 2.05) is 32.0 Å². The fraction of sp³-hybridized carbons (Fsp3) is 0.263. The molecule has 0 fully saturated rings. The van der Waals surface area contributed by atoms with Gasteiger partial charge in [-0.2, -0.15) is 5.10 Å². The topological polar surface area (TPSA) is 103 Å². The van der Waals surface area contributed by atoms with Crippen molar-refractivity contribution < 1.29 is 10.2 Å². The zero-order valence-electron chi connectivity index (χ0n) is 14.6. The minimum atomic E-state index is -0.385. The molecular weight excluding hydrogens is 332 g/mol. The predicted molar refractivity (Wildman–Crippen MR) is 97.6 cm³/mol. The Bertz CT molecular complexity index is 1050. The molecule has 2 aromatic carbocycles.